The zero-order valence-corrected chi connectivity index (χ0v) is 16.8. The fourth-order valence-corrected chi connectivity index (χ4v) is 3.65. The molecule has 1 aromatic heterocycles. The van der Waals surface area contributed by atoms with Crippen molar-refractivity contribution in [2.45, 2.75) is 6.92 Å². The highest BCUT2D eigenvalue weighted by Gasteiger charge is 2.22. The van der Waals surface area contributed by atoms with Crippen LogP contribution in [0.15, 0.2) is 68.6 Å². The number of aromatic nitrogens is 1. The molecule has 0 spiro atoms. The molecule has 1 aliphatic heterocycles. The summed E-state index contributed by atoms with van der Waals surface area (Å²) in [5, 5.41) is 23.2. The first-order chi connectivity index (χ1) is 13.1. The lowest BCUT2D eigenvalue weighted by molar-refractivity contribution is 0.475. The number of nitrogens with zero attached hydrogens (tertiary/aromatic N) is 4. The van der Waals surface area contributed by atoms with Crippen molar-refractivity contribution in [3.05, 3.63) is 58.4 Å². The lowest BCUT2D eigenvalue weighted by Gasteiger charge is -2.08. The van der Waals surface area contributed by atoms with Crippen LogP contribution in [0.3, 0.4) is 0 Å². The summed E-state index contributed by atoms with van der Waals surface area (Å²) >= 11 is 5.00. The molecule has 8 heteroatoms. The zero-order chi connectivity index (χ0) is 18.8. The van der Waals surface area contributed by atoms with Crippen LogP contribution in [-0.4, -0.2) is 28.1 Å². The van der Waals surface area contributed by atoms with Crippen LogP contribution >= 0.6 is 27.3 Å². The molecule has 0 fully saturated rings. The van der Waals surface area contributed by atoms with Crippen LogP contribution in [0.1, 0.15) is 6.92 Å². The van der Waals surface area contributed by atoms with Gasteiger partial charge in [0.05, 0.1) is 23.6 Å². The molecule has 0 saturated carbocycles. The van der Waals surface area contributed by atoms with E-state index in [-0.39, 0.29) is 5.75 Å². The van der Waals surface area contributed by atoms with Crippen molar-refractivity contribution in [3.63, 3.8) is 0 Å². The van der Waals surface area contributed by atoms with Crippen molar-refractivity contribution in [2.24, 2.45) is 10.2 Å². The van der Waals surface area contributed by atoms with Gasteiger partial charge in [-0.2, -0.15) is 10.2 Å². The molecular weight excluding hydrogens is 426 g/mol. The second-order valence-corrected chi connectivity index (χ2v) is 7.74. The largest absolute Gasteiger partial charge is 0.508 e. The van der Waals surface area contributed by atoms with Crippen LogP contribution in [0.25, 0.3) is 11.3 Å². The minimum absolute atomic E-state index is 0.196. The summed E-state index contributed by atoms with van der Waals surface area (Å²) in [5.74, 6) is 0.196. The van der Waals surface area contributed by atoms with Gasteiger partial charge in [-0.25, -0.2) is 9.99 Å². The van der Waals surface area contributed by atoms with Crippen molar-refractivity contribution >= 4 is 49.5 Å². The Bertz CT molecular complexity index is 1030. The van der Waals surface area contributed by atoms with E-state index in [4.69, 9.17) is 4.98 Å². The van der Waals surface area contributed by atoms with E-state index in [0.29, 0.717) is 6.54 Å². The van der Waals surface area contributed by atoms with Crippen molar-refractivity contribution in [2.75, 3.05) is 17.0 Å². The van der Waals surface area contributed by atoms with Crippen molar-refractivity contribution in [1.29, 1.82) is 0 Å². The summed E-state index contributed by atoms with van der Waals surface area (Å²) in [6.07, 6.45) is 0. The first kappa shape index (κ1) is 17.7. The summed E-state index contributed by atoms with van der Waals surface area (Å²) in [6.45, 7) is 2.47. The Balaban J connectivity index is 1.48. The molecule has 4 rings (SSSR count). The molecule has 0 radical (unpaired) electrons. The summed E-state index contributed by atoms with van der Waals surface area (Å²) in [4.78, 5) is 4.70. The highest BCUT2D eigenvalue weighted by atomic mass is 79.9. The van der Waals surface area contributed by atoms with Gasteiger partial charge in [0.2, 0.25) is 5.13 Å². The van der Waals surface area contributed by atoms with Crippen molar-refractivity contribution in [3.8, 4) is 17.0 Å². The molecule has 0 atom stereocenters. The Hall–Kier alpha value is -2.71. The Morgan fingerprint density at radius 3 is 2.81 bits per heavy atom. The van der Waals surface area contributed by atoms with Gasteiger partial charge >= 0.3 is 0 Å². The lowest BCUT2D eigenvalue weighted by Crippen LogP contribution is -2.19. The molecule has 27 heavy (non-hydrogen) atoms. The van der Waals surface area contributed by atoms with Crippen LogP contribution in [-0.2, 0) is 0 Å². The predicted octanol–water partition coefficient (Wildman–Crippen LogP) is 4.94. The molecule has 2 N–H and O–H groups in total. The number of anilines is 2. The van der Waals surface area contributed by atoms with Crippen molar-refractivity contribution in [1.82, 2.24) is 4.98 Å². The van der Waals surface area contributed by atoms with Crippen LogP contribution in [0.4, 0.5) is 10.8 Å². The number of phenolic OH excluding ortho intramolecular Hbond substituents is 1. The van der Waals surface area contributed by atoms with Gasteiger partial charge in [-0.05, 0) is 31.2 Å². The molecular formula is C19H16BrN5OS. The second kappa shape index (κ2) is 7.50. The first-order valence-electron chi connectivity index (χ1n) is 8.25. The summed E-state index contributed by atoms with van der Waals surface area (Å²) in [6, 6.07) is 14.9. The molecule has 6 nitrogen and oxygen atoms in total. The maximum atomic E-state index is 9.53. The highest BCUT2D eigenvalue weighted by molar-refractivity contribution is 9.10. The van der Waals surface area contributed by atoms with Crippen LogP contribution < -0.4 is 10.4 Å². The van der Waals surface area contributed by atoms with E-state index in [2.05, 4.69) is 31.6 Å². The summed E-state index contributed by atoms with van der Waals surface area (Å²) in [5.41, 5.74) is 7.35. The number of phenols is 1. The van der Waals surface area contributed by atoms with Gasteiger partial charge in [-0.1, -0.05) is 34.1 Å². The number of halogens is 1. The third kappa shape index (κ3) is 4.01. The van der Waals surface area contributed by atoms with Crippen LogP contribution in [0, 0.1) is 0 Å². The quantitative estimate of drug-likeness (QED) is 0.562. The number of benzene rings is 2. The van der Waals surface area contributed by atoms with Crippen molar-refractivity contribution < 1.29 is 5.11 Å². The van der Waals surface area contributed by atoms with Crippen LogP contribution in [0.5, 0.6) is 5.75 Å². The first-order valence-corrected chi connectivity index (χ1v) is 9.92. The average Bonchev–Trinajstić information content (AvgIpc) is 3.28. The average molecular weight is 442 g/mol. The monoisotopic (exact) mass is 441 g/mol. The van der Waals surface area contributed by atoms with Gasteiger partial charge in [0.25, 0.3) is 0 Å². The van der Waals surface area contributed by atoms with Gasteiger partial charge in [-0.15, -0.1) is 11.3 Å². The molecule has 136 valence electrons. The van der Waals surface area contributed by atoms with E-state index in [9.17, 15) is 5.11 Å². The van der Waals surface area contributed by atoms with E-state index in [1.54, 1.807) is 29.5 Å². The number of aromatic hydroxyl groups is 1. The molecule has 0 saturated heterocycles. The lowest BCUT2D eigenvalue weighted by atomic mass is 10.2. The van der Waals surface area contributed by atoms with Crippen LogP contribution in [0.2, 0.25) is 0 Å². The predicted molar refractivity (Wildman–Crippen MR) is 115 cm³/mol. The van der Waals surface area contributed by atoms with Gasteiger partial charge in [0.1, 0.15) is 11.5 Å². The molecule has 0 bridgehead atoms. The Labute approximate surface area is 169 Å². The summed E-state index contributed by atoms with van der Waals surface area (Å²) < 4.78 is 1.04. The number of hydrogen-bond donors (Lipinski definition) is 2. The van der Waals surface area contributed by atoms with E-state index in [0.717, 1.165) is 38.0 Å². The minimum Gasteiger partial charge on any atom is -0.508 e. The maximum Gasteiger partial charge on any atom is 0.206 e. The van der Waals surface area contributed by atoms with Gasteiger partial charge < -0.3 is 5.11 Å². The van der Waals surface area contributed by atoms with E-state index in [1.165, 1.54) is 0 Å². The number of hydrazone groups is 2. The fraction of sp³-hybridized carbons (Fsp3) is 0.105. The van der Waals surface area contributed by atoms with E-state index < -0.39 is 0 Å². The third-order valence-corrected chi connectivity index (χ3v) is 5.39. The number of hydrogen-bond acceptors (Lipinski definition) is 7. The van der Waals surface area contributed by atoms with Gasteiger partial charge in [0, 0.05) is 21.5 Å². The molecule has 0 aliphatic carbocycles. The SMILES string of the molecule is CC1=NN(c2nc(-c3ccc(Br)cc3)cs2)C/C1=N\Nc1cccc(O)c1. The Kier molecular flexibility index (Phi) is 4.91. The number of thiazole rings is 1. The molecule has 0 unspecified atom stereocenters. The minimum atomic E-state index is 0.196. The van der Waals surface area contributed by atoms with E-state index >= 15 is 0 Å². The Morgan fingerprint density at radius 1 is 1.22 bits per heavy atom. The van der Waals surface area contributed by atoms with Gasteiger partial charge in [-0.3, -0.25) is 5.43 Å². The standard InChI is InChI=1S/C19H16BrN5OS/c1-12-17(23-22-15-3-2-4-16(26)9-15)10-25(24-12)19-21-18(11-27-19)13-5-7-14(20)8-6-13/h2-9,11,22,26H,10H2,1H3/b23-17+. The van der Waals surface area contributed by atoms with E-state index in [1.807, 2.05) is 47.6 Å². The molecule has 0 amide bonds. The normalized spacial score (nSPS) is 15.3. The zero-order valence-electron chi connectivity index (χ0n) is 14.4. The third-order valence-electron chi connectivity index (χ3n) is 4.01. The Morgan fingerprint density at radius 2 is 2.04 bits per heavy atom. The molecule has 1 aliphatic rings. The maximum absolute atomic E-state index is 9.53. The molecule has 3 aromatic rings. The smallest absolute Gasteiger partial charge is 0.206 e. The number of rotatable bonds is 4. The second-order valence-electron chi connectivity index (χ2n) is 5.99. The topological polar surface area (TPSA) is 73.1 Å². The molecule has 2 heterocycles. The van der Waals surface area contributed by atoms with Gasteiger partial charge in [0.15, 0.2) is 0 Å². The summed E-state index contributed by atoms with van der Waals surface area (Å²) in [7, 11) is 0. The highest BCUT2D eigenvalue weighted by Crippen LogP contribution is 2.29. The fourth-order valence-electron chi connectivity index (χ4n) is 2.60. The number of nitrogens with one attached hydrogen (secondary N) is 1. The molecule has 2 aromatic carbocycles.